The summed E-state index contributed by atoms with van der Waals surface area (Å²) >= 11 is 0. The molecule has 1 aliphatic rings. The molecule has 1 saturated heterocycles. The first-order valence-corrected chi connectivity index (χ1v) is 6.27. The molecular formula is C14H22N2. The van der Waals surface area contributed by atoms with E-state index in [2.05, 4.69) is 36.2 Å². The molecule has 0 aliphatic carbocycles. The zero-order chi connectivity index (χ0) is 11.4. The summed E-state index contributed by atoms with van der Waals surface area (Å²) in [5, 5.41) is 0. The third-order valence-electron chi connectivity index (χ3n) is 3.41. The van der Waals surface area contributed by atoms with Gasteiger partial charge in [0, 0.05) is 19.0 Å². The van der Waals surface area contributed by atoms with Crippen LogP contribution in [0.5, 0.6) is 0 Å². The molecule has 1 aliphatic heterocycles. The lowest BCUT2D eigenvalue weighted by Crippen LogP contribution is -2.41. The lowest BCUT2D eigenvalue weighted by atomic mass is 9.90. The molecule has 0 saturated carbocycles. The average Bonchev–Trinajstić information content (AvgIpc) is 2.26. The van der Waals surface area contributed by atoms with Crippen LogP contribution in [0.25, 0.3) is 0 Å². The molecule has 1 aromatic carbocycles. The minimum atomic E-state index is 0.763. The molecule has 0 aromatic heterocycles. The van der Waals surface area contributed by atoms with Crippen molar-refractivity contribution in [2.24, 2.45) is 5.73 Å². The van der Waals surface area contributed by atoms with Gasteiger partial charge in [-0.2, -0.15) is 0 Å². The number of unbranched alkanes of at least 4 members (excludes halogenated alkanes) is 1. The fourth-order valence-electron chi connectivity index (χ4n) is 2.39. The summed E-state index contributed by atoms with van der Waals surface area (Å²) in [5.41, 5.74) is 8.50. The summed E-state index contributed by atoms with van der Waals surface area (Å²) in [6.07, 6.45) is 3.52. The van der Waals surface area contributed by atoms with Crippen LogP contribution in [0.1, 0.15) is 29.9 Å². The first-order chi connectivity index (χ1) is 7.79. The average molecular weight is 218 g/mol. The van der Waals surface area contributed by atoms with Crippen LogP contribution in [-0.2, 0) is 6.42 Å². The van der Waals surface area contributed by atoms with Gasteiger partial charge in [-0.05, 0) is 44.0 Å². The van der Waals surface area contributed by atoms with Crippen molar-refractivity contribution in [3.8, 4) is 0 Å². The van der Waals surface area contributed by atoms with Gasteiger partial charge in [-0.3, -0.25) is 0 Å². The highest BCUT2D eigenvalue weighted by molar-refractivity contribution is 5.28. The van der Waals surface area contributed by atoms with E-state index in [1.165, 1.54) is 37.1 Å². The van der Waals surface area contributed by atoms with Crippen molar-refractivity contribution in [2.75, 3.05) is 26.7 Å². The highest BCUT2D eigenvalue weighted by Gasteiger charge is 2.24. The second-order valence-corrected chi connectivity index (χ2v) is 4.91. The number of rotatable bonds is 5. The van der Waals surface area contributed by atoms with Gasteiger partial charge in [0.25, 0.3) is 0 Å². The number of hydrogen-bond donors (Lipinski definition) is 1. The predicted octanol–water partition coefficient (Wildman–Crippen LogP) is 2.00. The number of likely N-dealkylation sites (tertiary alicyclic amines) is 1. The van der Waals surface area contributed by atoms with Crippen molar-refractivity contribution in [3.05, 3.63) is 35.4 Å². The van der Waals surface area contributed by atoms with Crippen LogP contribution in [0.2, 0.25) is 0 Å². The predicted molar refractivity (Wildman–Crippen MR) is 68.7 cm³/mol. The van der Waals surface area contributed by atoms with Gasteiger partial charge in [0.05, 0.1) is 0 Å². The molecule has 0 unspecified atom stereocenters. The van der Waals surface area contributed by atoms with E-state index in [1.54, 1.807) is 0 Å². The van der Waals surface area contributed by atoms with Crippen LogP contribution >= 0.6 is 0 Å². The Hall–Kier alpha value is -0.860. The normalized spacial score (nSPS) is 17.4. The number of nitrogens with zero attached hydrogens (tertiary/aromatic N) is 1. The largest absolute Gasteiger partial charge is 0.330 e. The lowest BCUT2D eigenvalue weighted by molar-refractivity contribution is 0.189. The van der Waals surface area contributed by atoms with E-state index in [4.69, 9.17) is 5.73 Å². The van der Waals surface area contributed by atoms with E-state index in [9.17, 15) is 0 Å². The standard InChI is InChI=1S/C14H22N2/c1-16-10-14(11-16)13-7-4-6-12(9-13)5-2-3-8-15/h4,6-7,9,14H,2-3,5,8,10-11,15H2,1H3. The third kappa shape index (κ3) is 2.83. The highest BCUT2D eigenvalue weighted by Crippen LogP contribution is 2.26. The van der Waals surface area contributed by atoms with Crippen molar-refractivity contribution in [2.45, 2.75) is 25.2 Å². The van der Waals surface area contributed by atoms with Gasteiger partial charge in [0.2, 0.25) is 0 Å². The Morgan fingerprint density at radius 3 is 2.81 bits per heavy atom. The third-order valence-corrected chi connectivity index (χ3v) is 3.41. The Kier molecular flexibility index (Phi) is 3.97. The van der Waals surface area contributed by atoms with Crippen molar-refractivity contribution in [1.29, 1.82) is 0 Å². The summed E-state index contributed by atoms with van der Waals surface area (Å²) in [7, 11) is 2.18. The molecule has 2 rings (SSSR count). The SMILES string of the molecule is CN1CC(c2cccc(CCCCN)c2)C1. The monoisotopic (exact) mass is 218 g/mol. The molecule has 88 valence electrons. The van der Waals surface area contributed by atoms with Gasteiger partial charge in [0.15, 0.2) is 0 Å². The van der Waals surface area contributed by atoms with E-state index in [-0.39, 0.29) is 0 Å². The van der Waals surface area contributed by atoms with Gasteiger partial charge in [-0.25, -0.2) is 0 Å². The molecule has 2 heteroatoms. The molecule has 0 bridgehead atoms. The minimum absolute atomic E-state index is 0.763. The molecule has 0 atom stereocenters. The van der Waals surface area contributed by atoms with Crippen molar-refractivity contribution >= 4 is 0 Å². The molecule has 2 N–H and O–H groups in total. The highest BCUT2D eigenvalue weighted by atomic mass is 15.2. The molecule has 0 amide bonds. The fourth-order valence-corrected chi connectivity index (χ4v) is 2.39. The zero-order valence-corrected chi connectivity index (χ0v) is 10.2. The molecular weight excluding hydrogens is 196 g/mol. The summed E-state index contributed by atoms with van der Waals surface area (Å²) in [6, 6.07) is 9.09. The molecule has 1 heterocycles. The Labute approximate surface area is 98.4 Å². The Bertz CT molecular complexity index is 329. The maximum absolute atomic E-state index is 5.51. The number of aryl methyl sites for hydroxylation is 1. The Morgan fingerprint density at radius 2 is 2.12 bits per heavy atom. The van der Waals surface area contributed by atoms with Crippen LogP contribution in [0, 0.1) is 0 Å². The van der Waals surface area contributed by atoms with Crippen molar-refractivity contribution < 1.29 is 0 Å². The topological polar surface area (TPSA) is 29.3 Å². The van der Waals surface area contributed by atoms with Gasteiger partial charge in [0.1, 0.15) is 0 Å². The number of hydrogen-bond acceptors (Lipinski definition) is 2. The smallest absolute Gasteiger partial charge is 0.00934 e. The molecule has 16 heavy (non-hydrogen) atoms. The van der Waals surface area contributed by atoms with Crippen LogP contribution in [-0.4, -0.2) is 31.6 Å². The zero-order valence-electron chi connectivity index (χ0n) is 10.2. The van der Waals surface area contributed by atoms with E-state index in [0.717, 1.165) is 18.9 Å². The van der Waals surface area contributed by atoms with E-state index in [1.807, 2.05) is 0 Å². The molecule has 1 aromatic rings. The van der Waals surface area contributed by atoms with Gasteiger partial charge >= 0.3 is 0 Å². The van der Waals surface area contributed by atoms with Gasteiger partial charge < -0.3 is 10.6 Å². The van der Waals surface area contributed by atoms with Crippen LogP contribution in [0.15, 0.2) is 24.3 Å². The summed E-state index contributed by atoms with van der Waals surface area (Å²) < 4.78 is 0. The number of benzene rings is 1. The second kappa shape index (κ2) is 5.46. The minimum Gasteiger partial charge on any atom is -0.330 e. The molecule has 0 spiro atoms. The Balaban J connectivity index is 1.91. The molecule has 2 nitrogen and oxygen atoms in total. The number of nitrogens with two attached hydrogens (primary N) is 1. The fraction of sp³-hybridized carbons (Fsp3) is 0.571. The van der Waals surface area contributed by atoms with Crippen molar-refractivity contribution in [3.63, 3.8) is 0 Å². The number of likely N-dealkylation sites (N-methyl/N-ethyl adjacent to an activating group) is 1. The lowest BCUT2D eigenvalue weighted by Gasteiger charge is -2.36. The van der Waals surface area contributed by atoms with Gasteiger partial charge in [-0.15, -0.1) is 0 Å². The summed E-state index contributed by atoms with van der Waals surface area (Å²) in [4.78, 5) is 2.37. The van der Waals surface area contributed by atoms with Crippen molar-refractivity contribution in [1.82, 2.24) is 4.90 Å². The quantitative estimate of drug-likeness (QED) is 0.766. The van der Waals surface area contributed by atoms with Crippen LogP contribution in [0.4, 0.5) is 0 Å². The van der Waals surface area contributed by atoms with Crippen LogP contribution < -0.4 is 5.73 Å². The Morgan fingerprint density at radius 1 is 1.31 bits per heavy atom. The van der Waals surface area contributed by atoms with E-state index < -0.39 is 0 Å². The second-order valence-electron chi connectivity index (χ2n) is 4.91. The first-order valence-electron chi connectivity index (χ1n) is 6.27. The van der Waals surface area contributed by atoms with E-state index in [0.29, 0.717) is 0 Å². The van der Waals surface area contributed by atoms with Gasteiger partial charge in [-0.1, -0.05) is 24.3 Å². The maximum Gasteiger partial charge on any atom is 0.00934 e. The first kappa shape index (κ1) is 11.6. The maximum atomic E-state index is 5.51. The summed E-state index contributed by atoms with van der Waals surface area (Å²) in [6.45, 7) is 3.24. The molecule has 0 radical (unpaired) electrons. The van der Waals surface area contributed by atoms with Crippen LogP contribution in [0.3, 0.4) is 0 Å². The summed E-state index contributed by atoms with van der Waals surface area (Å²) in [5.74, 6) is 0.763. The molecule has 1 fully saturated rings. The van der Waals surface area contributed by atoms with E-state index >= 15 is 0 Å².